The number of halogens is 1. The van der Waals surface area contributed by atoms with E-state index >= 15 is 0 Å². The second-order valence-corrected chi connectivity index (χ2v) is 8.53. The highest BCUT2D eigenvalue weighted by Gasteiger charge is 2.39. The Labute approximate surface area is 183 Å². The molecule has 30 heavy (non-hydrogen) atoms. The van der Waals surface area contributed by atoms with Crippen molar-refractivity contribution >= 4 is 51.9 Å². The summed E-state index contributed by atoms with van der Waals surface area (Å²) >= 11 is 7.45. The van der Waals surface area contributed by atoms with E-state index in [0.29, 0.717) is 26.3 Å². The number of pyridine rings is 1. The van der Waals surface area contributed by atoms with Crippen molar-refractivity contribution < 1.29 is 9.72 Å². The number of carbonyl (C=O) groups is 1. The quantitative estimate of drug-likeness (QED) is 0.350. The third-order valence-electron chi connectivity index (χ3n) is 5.16. The largest absolute Gasteiger partial charge is 0.283 e. The van der Waals surface area contributed by atoms with Gasteiger partial charge in [-0.05, 0) is 42.8 Å². The molecule has 0 unspecified atom stereocenters. The van der Waals surface area contributed by atoms with Crippen LogP contribution in [0.2, 0.25) is 5.02 Å². The zero-order chi connectivity index (χ0) is 21.1. The fourth-order valence-electron chi connectivity index (χ4n) is 3.70. The van der Waals surface area contributed by atoms with Gasteiger partial charge < -0.3 is 0 Å². The van der Waals surface area contributed by atoms with Crippen molar-refractivity contribution in [3.05, 3.63) is 68.3 Å². The molecule has 2 aromatic rings. The average Bonchev–Trinajstić information content (AvgIpc) is 3.05. The first kappa shape index (κ1) is 20.6. The molecular weight excluding hydrogens is 424 g/mol. The first-order valence-electron chi connectivity index (χ1n) is 9.69. The van der Waals surface area contributed by atoms with Gasteiger partial charge >= 0.3 is 0 Å². The Morgan fingerprint density at radius 1 is 1.23 bits per heavy atom. The summed E-state index contributed by atoms with van der Waals surface area (Å²) in [6.45, 7) is 0. The summed E-state index contributed by atoms with van der Waals surface area (Å²) in [4.78, 5) is 35.0. The van der Waals surface area contributed by atoms with Crippen molar-refractivity contribution in [3.8, 4) is 0 Å². The zero-order valence-electron chi connectivity index (χ0n) is 16.0. The molecule has 2 fully saturated rings. The average molecular weight is 443 g/mol. The molecule has 1 aliphatic heterocycles. The lowest BCUT2D eigenvalue weighted by atomic mass is 9.94. The van der Waals surface area contributed by atoms with Gasteiger partial charge in [-0.2, -0.15) is 0 Å². The summed E-state index contributed by atoms with van der Waals surface area (Å²) in [7, 11) is 0. The Bertz CT molecular complexity index is 1050. The molecule has 4 rings (SSSR count). The number of nitro groups is 1. The number of rotatable bonds is 4. The first-order valence-corrected chi connectivity index (χ1v) is 10.9. The number of para-hydroxylation sites is 1. The molecule has 1 amide bonds. The number of nitro benzene ring substituents is 1. The SMILES string of the molecule is O=C1/C(=C/c2ccccc2[N+](=O)[O-])SC(=Nc2ccncc2Cl)N1C1CCCCC1. The summed E-state index contributed by atoms with van der Waals surface area (Å²) < 4.78 is 0. The minimum Gasteiger partial charge on any atom is -0.283 e. The molecule has 0 N–H and O–H groups in total. The molecule has 1 saturated carbocycles. The highest BCUT2D eigenvalue weighted by molar-refractivity contribution is 8.18. The van der Waals surface area contributed by atoms with E-state index in [1.807, 2.05) is 0 Å². The van der Waals surface area contributed by atoms with Crippen molar-refractivity contribution in [1.29, 1.82) is 0 Å². The number of carbonyl (C=O) groups excluding carboxylic acids is 1. The topological polar surface area (TPSA) is 88.7 Å². The van der Waals surface area contributed by atoms with Gasteiger partial charge in [0.1, 0.15) is 0 Å². The Hall–Kier alpha value is -2.71. The second-order valence-electron chi connectivity index (χ2n) is 7.12. The highest BCUT2D eigenvalue weighted by atomic mass is 35.5. The Morgan fingerprint density at radius 3 is 2.73 bits per heavy atom. The number of hydrogen-bond acceptors (Lipinski definition) is 6. The molecule has 2 heterocycles. The van der Waals surface area contributed by atoms with Gasteiger partial charge in [-0.3, -0.25) is 24.8 Å². The van der Waals surface area contributed by atoms with Crippen LogP contribution in [0.25, 0.3) is 6.08 Å². The van der Waals surface area contributed by atoms with Crippen molar-refractivity contribution in [2.24, 2.45) is 4.99 Å². The number of benzene rings is 1. The van der Waals surface area contributed by atoms with Crippen LogP contribution in [0.4, 0.5) is 11.4 Å². The van der Waals surface area contributed by atoms with Crippen LogP contribution in [0.5, 0.6) is 0 Å². The number of nitrogens with zero attached hydrogens (tertiary/aromatic N) is 4. The van der Waals surface area contributed by atoms with Crippen LogP contribution in [0, 0.1) is 10.1 Å². The lowest BCUT2D eigenvalue weighted by Gasteiger charge is -2.30. The molecule has 1 aliphatic carbocycles. The van der Waals surface area contributed by atoms with Gasteiger partial charge in [0, 0.05) is 24.5 Å². The van der Waals surface area contributed by atoms with Crippen LogP contribution in [0.1, 0.15) is 37.7 Å². The van der Waals surface area contributed by atoms with Crippen LogP contribution < -0.4 is 0 Å². The van der Waals surface area contributed by atoms with Crippen molar-refractivity contribution in [1.82, 2.24) is 9.88 Å². The fourth-order valence-corrected chi connectivity index (χ4v) is 4.91. The van der Waals surface area contributed by atoms with Crippen molar-refractivity contribution in [2.45, 2.75) is 38.1 Å². The van der Waals surface area contributed by atoms with Gasteiger partial charge in [-0.15, -0.1) is 0 Å². The van der Waals surface area contributed by atoms with Crippen molar-refractivity contribution in [3.63, 3.8) is 0 Å². The molecular formula is C21H19ClN4O3S. The maximum atomic E-state index is 13.3. The number of amidine groups is 1. The Kier molecular flexibility index (Phi) is 6.15. The third-order valence-corrected chi connectivity index (χ3v) is 6.44. The van der Waals surface area contributed by atoms with E-state index in [1.54, 1.807) is 41.4 Å². The van der Waals surface area contributed by atoms with Gasteiger partial charge in [0.25, 0.3) is 11.6 Å². The molecule has 0 atom stereocenters. The molecule has 0 bridgehead atoms. The minimum atomic E-state index is -0.443. The molecule has 154 valence electrons. The molecule has 0 spiro atoms. The van der Waals surface area contributed by atoms with Gasteiger partial charge in [-0.25, -0.2) is 4.99 Å². The summed E-state index contributed by atoms with van der Waals surface area (Å²) in [5, 5.41) is 12.3. The van der Waals surface area contributed by atoms with E-state index in [2.05, 4.69) is 9.98 Å². The number of aromatic nitrogens is 1. The highest BCUT2D eigenvalue weighted by Crippen LogP contribution is 2.40. The molecule has 0 radical (unpaired) electrons. The van der Waals surface area contributed by atoms with E-state index in [0.717, 1.165) is 32.1 Å². The lowest BCUT2D eigenvalue weighted by Crippen LogP contribution is -2.40. The predicted molar refractivity (Wildman–Crippen MR) is 119 cm³/mol. The second kappa shape index (κ2) is 8.97. The molecule has 7 nitrogen and oxygen atoms in total. The van der Waals surface area contributed by atoms with E-state index in [1.165, 1.54) is 24.0 Å². The maximum Gasteiger partial charge on any atom is 0.276 e. The van der Waals surface area contributed by atoms with Gasteiger partial charge in [0.15, 0.2) is 5.17 Å². The summed E-state index contributed by atoms with van der Waals surface area (Å²) in [6, 6.07) is 8.16. The van der Waals surface area contributed by atoms with Gasteiger partial charge in [0.05, 0.1) is 26.1 Å². The first-order chi connectivity index (χ1) is 14.5. The maximum absolute atomic E-state index is 13.3. The molecule has 9 heteroatoms. The summed E-state index contributed by atoms with van der Waals surface area (Å²) in [6.07, 6.45) is 9.80. The number of thioether (sulfide) groups is 1. The lowest BCUT2D eigenvalue weighted by molar-refractivity contribution is -0.385. The number of aliphatic imine (C=N–C) groups is 1. The van der Waals surface area contributed by atoms with Crippen LogP contribution in [0.3, 0.4) is 0 Å². The number of amides is 1. The van der Waals surface area contributed by atoms with Crippen LogP contribution in [0.15, 0.2) is 52.6 Å². The summed E-state index contributed by atoms with van der Waals surface area (Å²) in [5.41, 5.74) is 0.894. The third kappa shape index (κ3) is 4.24. The normalized spacial score (nSPS) is 20.3. The Morgan fingerprint density at radius 2 is 2.00 bits per heavy atom. The predicted octanol–water partition coefficient (Wildman–Crippen LogP) is 5.58. The van der Waals surface area contributed by atoms with Gasteiger partial charge in [-0.1, -0.05) is 43.0 Å². The van der Waals surface area contributed by atoms with Crippen molar-refractivity contribution in [2.75, 3.05) is 0 Å². The smallest absolute Gasteiger partial charge is 0.276 e. The fraction of sp³-hybridized carbons (Fsp3) is 0.286. The van der Waals surface area contributed by atoms with E-state index in [4.69, 9.17) is 11.6 Å². The monoisotopic (exact) mass is 442 g/mol. The minimum absolute atomic E-state index is 0.0369. The van der Waals surface area contributed by atoms with E-state index < -0.39 is 4.92 Å². The zero-order valence-corrected chi connectivity index (χ0v) is 17.6. The molecule has 1 aromatic heterocycles. The summed E-state index contributed by atoms with van der Waals surface area (Å²) in [5.74, 6) is -0.172. The van der Waals surface area contributed by atoms with Crippen LogP contribution in [-0.2, 0) is 4.79 Å². The number of hydrogen-bond donors (Lipinski definition) is 0. The van der Waals surface area contributed by atoms with E-state index in [9.17, 15) is 14.9 Å². The standard InChI is InChI=1S/C21H19ClN4O3S/c22-16-13-23-11-10-17(16)24-21-25(15-7-2-1-3-8-15)20(27)19(30-21)12-14-6-4-5-9-18(14)26(28)29/h4-6,9-13,15H,1-3,7-8H2/b19-12-,24-21?. The molecule has 2 aliphatic rings. The van der Waals surface area contributed by atoms with Gasteiger partial charge in [0.2, 0.25) is 0 Å². The molecule has 1 aromatic carbocycles. The van der Waals surface area contributed by atoms with Crippen LogP contribution >= 0.6 is 23.4 Å². The van der Waals surface area contributed by atoms with E-state index in [-0.39, 0.29) is 17.6 Å². The molecule has 1 saturated heterocycles. The van der Waals surface area contributed by atoms with Crippen LogP contribution in [-0.4, -0.2) is 31.9 Å². The Balaban J connectivity index is 1.75.